The van der Waals surface area contributed by atoms with Crippen LogP contribution in [0.25, 0.3) is 0 Å². The molecule has 8 heteroatoms. The molecule has 0 radical (unpaired) electrons. The van der Waals surface area contributed by atoms with Crippen LogP contribution in [0.2, 0.25) is 0 Å². The molecule has 1 saturated heterocycles. The molecule has 27 heavy (non-hydrogen) atoms. The van der Waals surface area contributed by atoms with Crippen molar-refractivity contribution in [3.8, 4) is 0 Å². The Labute approximate surface area is 157 Å². The highest BCUT2D eigenvalue weighted by atomic mass is 19.4. The van der Waals surface area contributed by atoms with Crippen LogP contribution >= 0.6 is 0 Å². The van der Waals surface area contributed by atoms with Crippen LogP contribution in [0.3, 0.4) is 0 Å². The smallest absolute Gasteiger partial charge is 0.370 e. The first kappa shape index (κ1) is 21.1. The van der Waals surface area contributed by atoms with Gasteiger partial charge in [0.05, 0.1) is 16.9 Å². The second kappa shape index (κ2) is 9.62. The molecule has 1 heterocycles. The third-order valence-corrected chi connectivity index (χ3v) is 4.45. The second-order valence-electron chi connectivity index (χ2n) is 6.68. The zero-order valence-corrected chi connectivity index (χ0v) is 15.5. The van der Waals surface area contributed by atoms with E-state index in [1.807, 2.05) is 11.8 Å². The Bertz CT molecular complexity index is 656. The van der Waals surface area contributed by atoms with E-state index < -0.39 is 17.6 Å². The molecule has 0 unspecified atom stereocenters. The molecule has 0 atom stereocenters. The van der Waals surface area contributed by atoms with Crippen molar-refractivity contribution < 1.29 is 22.8 Å². The van der Waals surface area contributed by atoms with Gasteiger partial charge in [-0.1, -0.05) is 6.92 Å². The van der Waals surface area contributed by atoms with Crippen LogP contribution in [0.4, 0.5) is 24.5 Å². The number of nitrogens with zero attached hydrogens (tertiary/aromatic N) is 1. The minimum atomic E-state index is -4.49. The zero-order chi connectivity index (χ0) is 19.9. The van der Waals surface area contributed by atoms with Gasteiger partial charge in [-0.25, -0.2) is 0 Å². The molecule has 150 valence electrons. The number of hydrogen-bond acceptors (Lipinski definition) is 3. The van der Waals surface area contributed by atoms with Gasteiger partial charge < -0.3 is 15.5 Å². The first-order chi connectivity index (χ1) is 12.8. The molecular formula is C19H26F3N3O2. The van der Waals surface area contributed by atoms with E-state index in [1.54, 1.807) is 0 Å². The quantitative estimate of drug-likeness (QED) is 0.747. The summed E-state index contributed by atoms with van der Waals surface area (Å²) < 4.78 is 39.2. The minimum Gasteiger partial charge on any atom is -0.370 e. The highest BCUT2D eigenvalue weighted by Gasteiger charge is 2.31. The Morgan fingerprint density at radius 3 is 2.37 bits per heavy atom. The lowest BCUT2D eigenvalue weighted by atomic mass is 10.1. The fraction of sp³-hybridized carbons (Fsp3) is 0.579. The van der Waals surface area contributed by atoms with E-state index in [1.165, 1.54) is 6.07 Å². The van der Waals surface area contributed by atoms with Crippen LogP contribution in [-0.4, -0.2) is 31.4 Å². The molecule has 0 aliphatic carbocycles. The van der Waals surface area contributed by atoms with Gasteiger partial charge in [0, 0.05) is 32.5 Å². The summed E-state index contributed by atoms with van der Waals surface area (Å²) in [4.78, 5) is 25.8. The molecule has 0 spiro atoms. The predicted octanol–water partition coefficient (Wildman–Crippen LogP) is 3.94. The molecule has 5 nitrogen and oxygen atoms in total. The van der Waals surface area contributed by atoms with Crippen molar-refractivity contribution in [2.45, 2.75) is 51.6 Å². The van der Waals surface area contributed by atoms with Gasteiger partial charge in [-0.2, -0.15) is 13.2 Å². The van der Waals surface area contributed by atoms with Crippen LogP contribution in [0, 0.1) is 0 Å². The average molecular weight is 385 g/mol. The Hall–Kier alpha value is -2.25. The summed E-state index contributed by atoms with van der Waals surface area (Å²) in [7, 11) is 0. The monoisotopic (exact) mass is 385 g/mol. The van der Waals surface area contributed by atoms with Gasteiger partial charge in [0.2, 0.25) is 11.8 Å². The number of amides is 2. The first-order valence-electron chi connectivity index (χ1n) is 9.34. The number of piperidine rings is 1. The maximum absolute atomic E-state index is 13.1. The van der Waals surface area contributed by atoms with Crippen LogP contribution in [-0.2, 0) is 15.8 Å². The lowest BCUT2D eigenvalue weighted by molar-refractivity contribution is -0.137. The maximum atomic E-state index is 13.1. The molecular weight excluding hydrogens is 359 g/mol. The number of carbonyl (C=O) groups excluding carboxylic acids is 2. The van der Waals surface area contributed by atoms with Crippen molar-refractivity contribution in [1.29, 1.82) is 0 Å². The van der Waals surface area contributed by atoms with E-state index in [9.17, 15) is 22.8 Å². The van der Waals surface area contributed by atoms with Gasteiger partial charge in [0.25, 0.3) is 0 Å². The highest BCUT2D eigenvalue weighted by Crippen LogP contribution is 2.36. The van der Waals surface area contributed by atoms with Crippen LogP contribution in [0.5, 0.6) is 0 Å². The number of hydrogen-bond donors (Lipinski definition) is 2. The molecule has 0 aromatic heterocycles. The molecule has 1 aromatic rings. The van der Waals surface area contributed by atoms with Gasteiger partial charge in [-0.15, -0.1) is 0 Å². The molecule has 0 bridgehead atoms. The SMILES string of the molecule is CCCNC(=O)CCC(=O)Nc1cc(C(F)(F)F)ccc1N1CCCCC1. The Morgan fingerprint density at radius 1 is 1.07 bits per heavy atom. The molecule has 1 aromatic carbocycles. The van der Waals surface area contributed by atoms with Gasteiger partial charge in [0.1, 0.15) is 0 Å². The third kappa shape index (κ3) is 6.45. The zero-order valence-electron chi connectivity index (χ0n) is 15.5. The van der Waals surface area contributed by atoms with E-state index >= 15 is 0 Å². The van der Waals surface area contributed by atoms with E-state index in [2.05, 4.69) is 10.6 Å². The summed E-state index contributed by atoms with van der Waals surface area (Å²) in [6.45, 7) is 3.94. The number of halogens is 3. The summed E-state index contributed by atoms with van der Waals surface area (Å²) in [5.41, 5.74) is -0.0728. The number of alkyl halides is 3. The summed E-state index contributed by atoms with van der Waals surface area (Å²) in [5, 5.41) is 5.24. The summed E-state index contributed by atoms with van der Waals surface area (Å²) in [6, 6.07) is 3.43. The molecule has 0 saturated carbocycles. The normalized spacial score (nSPS) is 14.7. The molecule has 1 aliphatic rings. The Morgan fingerprint density at radius 2 is 1.74 bits per heavy atom. The highest BCUT2D eigenvalue weighted by molar-refractivity contribution is 5.96. The van der Waals surface area contributed by atoms with Crippen molar-refractivity contribution in [2.24, 2.45) is 0 Å². The second-order valence-corrected chi connectivity index (χ2v) is 6.68. The van der Waals surface area contributed by atoms with Crippen LogP contribution in [0.15, 0.2) is 18.2 Å². The number of carbonyl (C=O) groups is 2. The van der Waals surface area contributed by atoms with E-state index in [4.69, 9.17) is 0 Å². The van der Waals surface area contributed by atoms with Crippen LogP contribution < -0.4 is 15.5 Å². The van der Waals surface area contributed by atoms with Crippen molar-refractivity contribution in [1.82, 2.24) is 5.32 Å². The Kier molecular flexibility index (Phi) is 7.50. The maximum Gasteiger partial charge on any atom is 0.416 e. The predicted molar refractivity (Wildman–Crippen MR) is 98.7 cm³/mol. The molecule has 2 rings (SSSR count). The number of benzene rings is 1. The molecule has 1 fully saturated rings. The summed E-state index contributed by atoms with van der Waals surface area (Å²) in [6.07, 6.45) is -0.750. The van der Waals surface area contributed by atoms with E-state index in [0.29, 0.717) is 12.2 Å². The van der Waals surface area contributed by atoms with Crippen molar-refractivity contribution >= 4 is 23.2 Å². The van der Waals surface area contributed by atoms with Crippen molar-refractivity contribution in [3.05, 3.63) is 23.8 Å². The number of rotatable bonds is 7. The molecule has 2 amide bonds. The lowest BCUT2D eigenvalue weighted by Crippen LogP contribution is -2.31. The fourth-order valence-electron chi connectivity index (χ4n) is 3.02. The number of anilines is 2. The van der Waals surface area contributed by atoms with Gasteiger partial charge >= 0.3 is 6.18 Å². The molecule has 2 N–H and O–H groups in total. The average Bonchev–Trinajstić information content (AvgIpc) is 2.64. The fourth-order valence-corrected chi connectivity index (χ4v) is 3.02. The van der Waals surface area contributed by atoms with Crippen LogP contribution in [0.1, 0.15) is 51.0 Å². The topological polar surface area (TPSA) is 61.4 Å². The number of nitrogens with one attached hydrogen (secondary N) is 2. The third-order valence-electron chi connectivity index (χ3n) is 4.45. The summed E-state index contributed by atoms with van der Waals surface area (Å²) in [5.74, 6) is -0.716. The van der Waals surface area contributed by atoms with Gasteiger partial charge in [-0.05, 0) is 43.9 Å². The standard InChI is InChI=1S/C19H26F3N3O2/c1-2-10-23-17(26)8-9-18(27)24-15-13-14(19(20,21)22)6-7-16(15)25-11-4-3-5-12-25/h6-7,13H,2-5,8-12H2,1H3,(H,23,26)(H,24,27). The van der Waals surface area contributed by atoms with Gasteiger partial charge in [-0.3, -0.25) is 9.59 Å². The lowest BCUT2D eigenvalue weighted by Gasteiger charge is -2.31. The Balaban J connectivity index is 2.11. The van der Waals surface area contributed by atoms with Gasteiger partial charge in [0.15, 0.2) is 0 Å². The van der Waals surface area contributed by atoms with E-state index in [-0.39, 0.29) is 24.4 Å². The first-order valence-corrected chi connectivity index (χ1v) is 9.34. The minimum absolute atomic E-state index is 0.00381. The van der Waals surface area contributed by atoms with E-state index in [0.717, 1.165) is 50.9 Å². The van der Waals surface area contributed by atoms with Crippen molar-refractivity contribution in [2.75, 3.05) is 29.9 Å². The summed E-state index contributed by atoms with van der Waals surface area (Å²) >= 11 is 0. The van der Waals surface area contributed by atoms with Crippen molar-refractivity contribution in [3.63, 3.8) is 0 Å². The largest absolute Gasteiger partial charge is 0.416 e. The molecule has 1 aliphatic heterocycles.